The molecule has 0 atom stereocenters. The van der Waals surface area contributed by atoms with Crippen molar-refractivity contribution < 1.29 is 4.79 Å². The molecular formula is C12H12N2OS2. The van der Waals surface area contributed by atoms with Crippen LogP contribution in [0.25, 0.3) is 10.6 Å². The number of nitrogens with one attached hydrogen (secondary N) is 1. The number of hydrogen-bond donors (Lipinski definition) is 1. The number of rotatable bonds is 3. The molecule has 17 heavy (non-hydrogen) atoms. The van der Waals surface area contributed by atoms with E-state index in [-0.39, 0.29) is 11.8 Å². The molecule has 2 aromatic heterocycles. The highest BCUT2D eigenvalue weighted by molar-refractivity contribution is 7.16. The second-order valence-electron chi connectivity index (χ2n) is 4.13. The highest BCUT2D eigenvalue weighted by Crippen LogP contribution is 2.30. The maximum atomic E-state index is 11.7. The molecule has 0 unspecified atom stereocenters. The smallest absolute Gasteiger partial charge is 0.229 e. The minimum Gasteiger partial charge on any atom is -0.302 e. The number of anilines is 1. The van der Waals surface area contributed by atoms with Gasteiger partial charge in [-0.15, -0.1) is 22.7 Å². The first-order valence-electron chi connectivity index (χ1n) is 5.63. The predicted molar refractivity (Wildman–Crippen MR) is 71.4 cm³/mol. The number of carbonyl (C=O) groups excluding carboxylic acids is 1. The van der Waals surface area contributed by atoms with Crippen molar-refractivity contribution >= 4 is 33.7 Å². The summed E-state index contributed by atoms with van der Waals surface area (Å²) in [6.45, 7) is 0. The number of amides is 1. The average Bonchev–Trinajstić information content (AvgIpc) is 2.82. The third-order valence-corrected chi connectivity index (χ3v) is 4.63. The van der Waals surface area contributed by atoms with Gasteiger partial charge in [0.1, 0.15) is 0 Å². The lowest BCUT2D eigenvalue weighted by molar-refractivity contribution is -0.122. The number of carbonyl (C=O) groups is 1. The van der Waals surface area contributed by atoms with E-state index in [0.717, 1.165) is 23.4 Å². The van der Waals surface area contributed by atoms with Crippen molar-refractivity contribution in [3.05, 3.63) is 22.9 Å². The van der Waals surface area contributed by atoms with Gasteiger partial charge < -0.3 is 5.32 Å². The minimum atomic E-state index is 0.128. The molecule has 1 N–H and O–H groups in total. The molecule has 0 bridgehead atoms. The Hall–Kier alpha value is -1.20. The first-order chi connectivity index (χ1) is 8.33. The van der Waals surface area contributed by atoms with E-state index in [0.29, 0.717) is 5.13 Å². The minimum absolute atomic E-state index is 0.128. The van der Waals surface area contributed by atoms with Crippen molar-refractivity contribution in [2.75, 3.05) is 5.32 Å². The summed E-state index contributed by atoms with van der Waals surface area (Å²) in [5, 5.41) is 7.63. The Labute approximate surface area is 108 Å². The lowest BCUT2D eigenvalue weighted by atomic mass is 9.85. The molecular weight excluding hydrogens is 252 g/mol. The van der Waals surface area contributed by atoms with Crippen molar-refractivity contribution in [1.82, 2.24) is 4.98 Å². The van der Waals surface area contributed by atoms with Gasteiger partial charge >= 0.3 is 0 Å². The molecule has 3 nitrogen and oxygen atoms in total. The number of nitrogens with zero attached hydrogens (tertiary/aromatic N) is 1. The van der Waals surface area contributed by atoms with Gasteiger partial charge in [-0.3, -0.25) is 4.79 Å². The van der Waals surface area contributed by atoms with Crippen molar-refractivity contribution in [1.29, 1.82) is 0 Å². The zero-order valence-electron chi connectivity index (χ0n) is 9.18. The van der Waals surface area contributed by atoms with Crippen molar-refractivity contribution in [3.8, 4) is 10.6 Å². The largest absolute Gasteiger partial charge is 0.302 e. The summed E-state index contributed by atoms with van der Waals surface area (Å²) in [5.74, 6) is 0.340. The molecule has 0 spiro atoms. The zero-order valence-corrected chi connectivity index (χ0v) is 10.8. The van der Waals surface area contributed by atoms with Gasteiger partial charge in [-0.2, -0.15) is 0 Å². The molecule has 1 fully saturated rings. The van der Waals surface area contributed by atoms with E-state index in [1.807, 2.05) is 22.9 Å². The normalized spacial score (nSPS) is 15.5. The van der Waals surface area contributed by atoms with Gasteiger partial charge in [0, 0.05) is 11.3 Å². The van der Waals surface area contributed by atoms with Crippen LogP contribution in [0.15, 0.2) is 22.9 Å². The summed E-state index contributed by atoms with van der Waals surface area (Å²) >= 11 is 3.15. The molecule has 1 amide bonds. The Morgan fingerprint density at radius 2 is 2.29 bits per heavy atom. The van der Waals surface area contributed by atoms with E-state index < -0.39 is 0 Å². The van der Waals surface area contributed by atoms with E-state index >= 15 is 0 Å². The molecule has 5 heteroatoms. The fourth-order valence-corrected chi connectivity index (χ4v) is 3.22. The Bertz CT molecular complexity index is 514. The fraction of sp³-hybridized carbons (Fsp3) is 0.333. The molecule has 3 rings (SSSR count). The van der Waals surface area contributed by atoms with E-state index in [4.69, 9.17) is 0 Å². The van der Waals surface area contributed by atoms with Crippen LogP contribution in [0.1, 0.15) is 19.3 Å². The maximum absolute atomic E-state index is 11.7. The van der Waals surface area contributed by atoms with E-state index in [9.17, 15) is 4.79 Å². The van der Waals surface area contributed by atoms with Crippen LogP contribution >= 0.6 is 22.7 Å². The molecule has 2 aromatic rings. The van der Waals surface area contributed by atoms with E-state index in [2.05, 4.69) is 10.3 Å². The van der Waals surface area contributed by atoms with Crippen LogP contribution in [0, 0.1) is 5.92 Å². The molecule has 2 heterocycles. The molecule has 0 radical (unpaired) electrons. The van der Waals surface area contributed by atoms with Gasteiger partial charge in [-0.05, 0) is 24.3 Å². The summed E-state index contributed by atoms with van der Waals surface area (Å²) in [6, 6.07) is 4.04. The summed E-state index contributed by atoms with van der Waals surface area (Å²) < 4.78 is 0. The predicted octanol–water partition coefficient (Wildman–Crippen LogP) is 3.61. The van der Waals surface area contributed by atoms with Crippen LogP contribution in [0.3, 0.4) is 0 Å². The van der Waals surface area contributed by atoms with Gasteiger partial charge in [0.25, 0.3) is 0 Å². The zero-order chi connectivity index (χ0) is 11.7. The first-order valence-corrected chi connectivity index (χ1v) is 7.39. The molecule has 0 saturated heterocycles. The summed E-state index contributed by atoms with van der Waals surface area (Å²) in [7, 11) is 0. The second kappa shape index (κ2) is 4.58. The number of hydrogen-bond acceptors (Lipinski definition) is 4. The summed E-state index contributed by atoms with van der Waals surface area (Å²) in [5.41, 5.74) is 0.953. The van der Waals surface area contributed by atoms with E-state index in [1.165, 1.54) is 17.8 Å². The van der Waals surface area contributed by atoms with E-state index in [1.54, 1.807) is 11.3 Å². The fourth-order valence-electron chi connectivity index (χ4n) is 1.75. The average molecular weight is 264 g/mol. The van der Waals surface area contributed by atoms with Gasteiger partial charge in [-0.25, -0.2) is 4.98 Å². The Morgan fingerprint density at radius 1 is 1.41 bits per heavy atom. The maximum Gasteiger partial charge on any atom is 0.229 e. The van der Waals surface area contributed by atoms with Crippen LogP contribution in [0.2, 0.25) is 0 Å². The van der Waals surface area contributed by atoms with Gasteiger partial charge in [-0.1, -0.05) is 12.5 Å². The Morgan fingerprint density at radius 3 is 2.94 bits per heavy atom. The molecule has 0 aliphatic heterocycles. The molecule has 0 aromatic carbocycles. The lowest BCUT2D eigenvalue weighted by Gasteiger charge is -2.23. The third kappa shape index (κ3) is 2.25. The highest BCUT2D eigenvalue weighted by Gasteiger charge is 2.25. The topological polar surface area (TPSA) is 42.0 Å². The van der Waals surface area contributed by atoms with Crippen LogP contribution in [0.5, 0.6) is 0 Å². The summed E-state index contributed by atoms with van der Waals surface area (Å²) in [6.07, 6.45) is 3.22. The van der Waals surface area contributed by atoms with Crippen LogP contribution in [-0.4, -0.2) is 10.9 Å². The van der Waals surface area contributed by atoms with Crippen molar-refractivity contribution in [2.24, 2.45) is 5.92 Å². The number of thiophene rings is 1. The molecule has 88 valence electrons. The SMILES string of the molecule is O=C(Nc1nc(-c2cccs2)cs1)C1CCC1. The molecule has 1 aliphatic rings. The van der Waals surface area contributed by atoms with Crippen molar-refractivity contribution in [2.45, 2.75) is 19.3 Å². The lowest BCUT2D eigenvalue weighted by Crippen LogP contribution is -2.27. The monoisotopic (exact) mass is 264 g/mol. The molecule has 1 aliphatic carbocycles. The molecule has 1 saturated carbocycles. The number of thiazole rings is 1. The van der Waals surface area contributed by atoms with Crippen LogP contribution in [-0.2, 0) is 4.79 Å². The first kappa shape index (κ1) is 10.9. The van der Waals surface area contributed by atoms with Crippen LogP contribution in [0.4, 0.5) is 5.13 Å². The van der Waals surface area contributed by atoms with Gasteiger partial charge in [0.05, 0.1) is 10.6 Å². The second-order valence-corrected chi connectivity index (χ2v) is 5.94. The Kier molecular flexibility index (Phi) is 2.94. The van der Waals surface area contributed by atoms with Crippen LogP contribution < -0.4 is 5.32 Å². The highest BCUT2D eigenvalue weighted by atomic mass is 32.1. The standard InChI is InChI=1S/C12H12N2OS2/c15-11(8-3-1-4-8)14-12-13-9(7-17-12)10-5-2-6-16-10/h2,5-8H,1,3-4H2,(H,13,14,15). The quantitative estimate of drug-likeness (QED) is 0.920. The van der Waals surface area contributed by atoms with Gasteiger partial charge in [0.2, 0.25) is 5.91 Å². The van der Waals surface area contributed by atoms with Crippen molar-refractivity contribution in [3.63, 3.8) is 0 Å². The summed E-state index contributed by atoms with van der Waals surface area (Å²) in [4.78, 5) is 17.3. The third-order valence-electron chi connectivity index (χ3n) is 2.98. The Balaban J connectivity index is 1.70. The van der Waals surface area contributed by atoms with Gasteiger partial charge in [0.15, 0.2) is 5.13 Å². The number of aromatic nitrogens is 1.